The Morgan fingerprint density at radius 2 is 1.79 bits per heavy atom. The molecule has 0 unspecified atom stereocenters. The molecule has 2 rings (SSSR count). The van der Waals surface area contributed by atoms with Gasteiger partial charge in [-0.05, 0) is 50.6 Å². The first-order valence-electron chi connectivity index (χ1n) is 7.30. The van der Waals surface area contributed by atoms with Crippen LogP contribution in [0.1, 0.15) is 11.6 Å². The first-order valence-corrected chi connectivity index (χ1v) is 8.08. The smallest absolute Gasteiger partial charge is 0.170 e. The maximum atomic E-state index is 14.1. The summed E-state index contributed by atoms with van der Waals surface area (Å²) in [6, 6.07) is 10.5. The van der Waals surface area contributed by atoms with Crippen LogP contribution in [0, 0.1) is 11.6 Å². The van der Waals surface area contributed by atoms with Crippen LogP contribution in [0.25, 0.3) is 0 Å². The second kappa shape index (κ2) is 8.37. The maximum absolute atomic E-state index is 14.1. The lowest BCUT2D eigenvalue weighted by Gasteiger charge is -2.27. The van der Waals surface area contributed by atoms with Crippen LogP contribution in [0.15, 0.2) is 42.5 Å². The summed E-state index contributed by atoms with van der Waals surface area (Å²) in [5.41, 5.74) is 0.672. The Labute approximate surface area is 150 Å². The molecule has 0 aliphatic heterocycles. The lowest BCUT2D eigenvalue weighted by molar-refractivity contribution is 0.292. The Morgan fingerprint density at radius 3 is 2.42 bits per heavy atom. The highest BCUT2D eigenvalue weighted by Gasteiger charge is 2.21. The van der Waals surface area contributed by atoms with E-state index in [0.717, 1.165) is 0 Å². The van der Waals surface area contributed by atoms with Gasteiger partial charge in [0.05, 0.1) is 11.7 Å². The van der Waals surface area contributed by atoms with Crippen molar-refractivity contribution in [3.8, 4) is 0 Å². The van der Waals surface area contributed by atoms with Crippen molar-refractivity contribution < 1.29 is 8.78 Å². The van der Waals surface area contributed by atoms with Gasteiger partial charge in [0.1, 0.15) is 11.6 Å². The third-order valence-electron chi connectivity index (χ3n) is 3.53. The van der Waals surface area contributed by atoms with Gasteiger partial charge in [0.2, 0.25) is 0 Å². The van der Waals surface area contributed by atoms with Crippen LogP contribution in [0.5, 0.6) is 0 Å². The predicted octanol–water partition coefficient (Wildman–Crippen LogP) is 4.21. The van der Waals surface area contributed by atoms with Crippen molar-refractivity contribution in [2.45, 2.75) is 6.04 Å². The molecule has 0 heterocycles. The number of hydrogen-bond acceptors (Lipinski definition) is 2. The van der Waals surface area contributed by atoms with Gasteiger partial charge in [-0.15, -0.1) is 0 Å². The summed E-state index contributed by atoms with van der Waals surface area (Å²) in [6.07, 6.45) is 0. The van der Waals surface area contributed by atoms with Gasteiger partial charge in [0.25, 0.3) is 0 Å². The van der Waals surface area contributed by atoms with Crippen LogP contribution < -0.4 is 10.6 Å². The highest BCUT2D eigenvalue weighted by atomic mass is 35.5. The molecular formula is C17H18ClF2N3S. The average Bonchev–Trinajstić information content (AvgIpc) is 2.52. The van der Waals surface area contributed by atoms with Gasteiger partial charge in [0, 0.05) is 17.1 Å². The van der Waals surface area contributed by atoms with Crippen LogP contribution in [0.3, 0.4) is 0 Å². The topological polar surface area (TPSA) is 27.3 Å². The molecule has 0 aliphatic rings. The summed E-state index contributed by atoms with van der Waals surface area (Å²) in [5, 5.41) is 6.36. The number of anilines is 1. The fourth-order valence-corrected chi connectivity index (χ4v) is 2.77. The molecule has 0 aromatic heterocycles. The van der Waals surface area contributed by atoms with E-state index in [9.17, 15) is 8.78 Å². The molecule has 0 saturated heterocycles. The van der Waals surface area contributed by atoms with Crippen LogP contribution in [0.4, 0.5) is 14.5 Å². The number of thiocarbonyl (C=S) groups is 1. The fraction of sp³-hybridized carbons (Fsp3) is 0.235. The molecule has 2 aromatic rings. The van der Waals surface area contributed by atoms with Crippen LogP contribution in [-0.4, -0.2) is 30.7 Å². The molecule has 0 aliphatic carbocycles. The number of hydrogen-bond donors (Lipinski definition) is 2. The summed E-state index contributed by atoms with van der Waals surface area (Å²) < 4.78 is 27.8. The molecule has 0 amide bonds. The highest BCUT2D eigenvalue weighted by Crippen LogP contribution is 2.28. The largest absolute Gasteiger partial charge is 0.361 e. The number of nitrogens with zero attached hydrogens (tertiary/aromatic N) is 1. The first-order chi connectivity index (χ1) is 11.4. The highest BCUT2D eigenvalue weighted by molar-refractivity contribution is 7.80. The SMILES string of the molecule is CN(C)[C@@H](CNC(=S)Nc1ccccc1F)c1c(F)cccc1Cl. The molecule has 2 N–H and O–H groups in total. The van der Waals surface area contributed by atoms with E-state index in [1.54, 1.807) is 30.3 Å². The van der Waals surface area contributed by atoms with Gasteiger partial charge in [0.15, 0.2) is 5.11 Å². The number of nitrogens with one attached hydrogen (secondary N) is 2. The van der Waals surface area contributed by atoms with Crippen molar-refractivity contribution in [2.24, 2.45) is 0 Å². The maximum Gasteiger partial charge on any atom is 0.170 e. The fourth-order valence-electron chi connectivity index (χ4n) is 2.29. The molecule has 0 fully saturated rings. The van der Waals surface area contributed by atoms with Gasteiger partial charge >= 0.3 is 0 Å². The Hall–Kier alpha value is -1.76. The zero-order chi connectivity index (χ0) is 17.7. The predicted molar refractivity (Wildman–Crippen MR) is 98.5 cm³/mol. The van der Waals surface area contributed by atoms with Crippen molar-refractivity contribution in [1.82, 2.24) is 10.2 Å². The lowest BCUT2D eigenvalue weighted by atomic mass is 10.1. The van der Waals surface area contributed by atoms with Gasteiger partial charge < -0.3 is 15.5 Å². The van der Waals surface area contributed by atoms with E-state index in [4.69, 9.17) is 23.8 Å². The molecule has 128 valence electrons. The molecule has 0 saturated carbocycles. The minimum absolute atomic E-state index is 0.249. The van der Waals surface area contributed by atoms with E-state index in [1.807, 2.05) is 19.0 Å². The van der Waals surface area contributed by atoms with Crippen LogP contribution in [-0.2, 0) is 0 Å². The Balaban J connectivity index is 2.07. The molecule has 1 atom stereocenters. The number of halogens is 3. The first kappa shape index (κ1) is 18.6. The van der Waals surface area contributed by atoms with Gasteiger partial charge in [-0.3, -0.25) is 0 Å². The minimum atomic E-state index is -0.400. The quantitative estimate of drug-likeness (QED) is 0.772. The molecule has 3 nitrogen and oxygen atoms in total. The third-order valence-corrected chi connectivity index (χ3v) is 4.11. The Bertz CT molecular complexity index is 704. The normalized spacial score (nSPS) is 12.1. The van der Waals surface area contributed by atoms with Crippen molar-refractivity contribution in [3.63, 3.8) is 0 Å². The molecule has 2 aromatic carbocycles. The number of benzene rings is 2. The number of para-hydroxylation sites is 1. The third kappa shape index (κ3) is 4.63. The van der Waals surface area contributed by atoms with Crippen LogP contribution in [0.2, 0.25) is 5.02 Å². The molecule has 7 heteroatoms. The second-order valence-corrected chi connectivity index (χ2v) is 6.25. The molecular weight excluding hydrogens is 352 g/mol. The number of likely N-dealkylation sites (N-methyl/N-ethyl adjacent to an activating group) is 1. The van der Waals surface area contributed by atoms with E-state index in [1.165, 1.54) is 12.1 Å². The van der Waals surface area contributed by atoms with Crippen molar-refractivity contribution in [1.29, 1.82) is 0 Å². The zero-order valence-electron chi connectivity index (χ0n) is 13.3. The molecule has 0 radical (unpaired) electrons. The summed E-state index contributed by atoms with van der Waals surface area (Å²) in [7, 11) is 3.64. The van der Waals surface area contributed by atoms with Gasteiger partial charge in [-0.25, -0.2) is 8.78 Å². The lowest BCUT2D eigenvalue weighted by Crippen LogP contribution is -2.37. The Kier molecular flexibility index (Phi) is 6.48. The van der Waals surface area contributed by atoms with E-state index in [0.29, 0.717) is 17.1 Å². The van der Waals surface area contributed by atoms with Crippen LogP contribution >= 0.6 is 23.8 Å². The summed E-state index contributed by atoms with van der Waals surface area (Å²) in [6.45, 7) is 0.313. The van der Waals surface area contributed by atoms with Crippen molar-refractivity contribution >= 4 is 34.6 Å². The summed E-state index contributed by atoms with van der Waals surface area (Å²) in [5.74, 6) is -0.779. The average molecular weight is 370 g/mol. The Morgan fingerprint density at radius 1 is 1.12 bits per heavy atom. The van der Waals surface area contributed by atoms with E-state index in [-0.39, 0.29) is 22.7 Å². The van der Waals surface area contributed by atoms with Crippen molar-refractivity contribution in [2.75, 3.05) is 26.0 Å². The zero-order valence-corrected chi connectivity index (χ0v) is 14.9. The van der Waals surface area contributed by atoms with Gasteiger partial charge in [-0.2, -0.15) is 0 Å². The second-order valence-electron chi connectivity index (χ2n) is 5.43. The van der Waals surface area contributed by atoms with Gasteiger partial charge in [-0.1, -0.05) is 29.8 Å². The standard InChI is InChI=1S/C17H18ClF2N3S/c1-23(2)15(16-11(18)6-5-8-13(16)20)10-21-17(24)22-14-9-4-3-7-12(14)19/h3-9,15H,10H2,1-2H3,(H2,21,22,24)/t15-/m0/s1. The number of rotatable bonds is 5. The van der Waals surface area contributed by atoms with Crippen molar-refractivity contribution in [3.05, 3.63) is 64.7 Å². The monoisotopic (exact) mass is 369 g/mol. The van der Waals surface area contributed by atoms with E-state index < -0.39 is 5.82 Å². The molecule has 24 heavy (non-hydrogen) atoms. The minimum Gasteiger partial charge on any atom is -0.361 e. The molecule has 0 bridgehead atoms. The summed E-state index contributed by atoms with van der Waals surface area (Å²) in [4.78, 5) is 1.84. The van der Waals surface area contributed by atoms with E-state index >= 15 is 0 Å². The molecule has 0 spiro atoms. The summed E-state index contributed by atoms with van der Waals surface area (Å²) >= 11 is 11.3. The van der Waals surface area contributed by atoms with E-state index in [2.05, 4.69) is 10.6 Å².